The van der Waals surface area contributed by atoms with Crippen molar-refractivity contribution in [2.45, 2.75) is 6.92 Å². The number of rotatable bonds is 9. The molecule has 3 aromatic rings. The zero-order chi connectivity index (χ0) is 24.0. The van der Waals surface area contributed by atoms with Crippen LogP contribution in [0.2, 0.25) is 0 Å². The maximum absolute atomic E-state index is 14.5. The first-order chi connectivity index (χ1) is 15.8. The summed E-state index contributed by atoms with van der Waals surface area (Å²) >= 11 is 1.08. The molecule has 0 bridgehead atoms. The van der Waals surface area contributed by atoms with Crippen molar-refractivity contribution in [1.29, 1.82) is 0 Å². The van der Waals surface area contributed by atoms with E-state index in [0.29, 0.717) is 30.2 Å². The van der Waals surface area contributed by atoms with Gasteiger partial charge >= 0.3 is 0 Å². The number of nitro groups is 1. The standard InChI is InChI=1S/C21H20FN5O5S/c1-12(28)24-13-3-5-15(17(22)9-13)19-11-33-21(25-19)26-20(29)16-10-14(27(30)31)4-6-18(16)23-7-8-32-2/h3-6,9-11,23H,7-8H2,1-2H3,(H,24,28)(H,25,26,29). The van der Waals surface area contributed by atoms with E-state index in [1.165, 1.54) is 44.4 Å². The molecule has 0 spiro atoms. The second-order valence-electron chi connectivity index (χ2n) is 6.77. The average molecular weight is 473 g/mol. The molecule has 172 valence electrons. The quantitative estimate of drug-likeness (QED) is 0.242. The molecule has 3 rings (SSSR count). The predicted molar refractivity (Wildman–Crippen MR) is 123 cm³/mol. The van der Waals surface area contributed by atoms with Crippen LogP contribution in [-0.2, 0) is 9.53 Å². The second-order valence-corrected chi connectivity index (χ2v) is 7.63. The third-order valence-electron chi connectivity index (χ3n) is 4.37. The van der Waals surface area contributed by atoms with Crippen molar-refractivity contribution in [3.63, 3.8) is 0 Å². The Labute approximate surface area is 191 Å². The number of anilines is 3. The lowest BCUT2D eigenvalue weighted by molar-refractivity contribution is -0.384. The van der Waals surface area contributed by atoms with Crippen LogP contribution in [0.5, 0.6) is 0 Å². The summed E-state index contributed by atoms with van der Waals surface area (Å²) in [5.74, 6) is -1.52. The van der Waals surface area contributed by atoms with Gasteiger partial charge < -0.3 is 15.4 Å². The number of aromatic nitrogens is 1. The number of nitrogens with one attached hydrogen (secondary N) is 3. The van der Waals surface area contributed by atoms with Crippen molar-refractivity contribution >= 4 is 45.3 Å². The Kier molecular flexibility index (Phi) is 7.64. The molecular weight excluding hydrogens is 453 g/mol. The highest BCUT2D eigenvalue weighted by Gasteiger charge is 2.19. The third-order valence-corrected chi connectivity index (χ3v) is 5.13. The van der Waals surface area contributed by atoms with Crippen LogP contribution in [0.4, 0.5) is 26.6 Å². The number of amides is 2. The molecule has 1 aromatic heterocycles. The minimum absolute atomic E-state index is 0.0582. The van der Waals surface area contributed by atoms with Gasteiger partial charge in [0.1, 0.15) is 5.82 Å². The maximum atomic E-state index is 14.5. The molecule has 0 unspecified atom stereocenters. The molecule has 12 heteroatoms. The van der Waals surface area contributed by atoms with Gasteiger partial charge in [0, 0.05) is 55.0 Å². The zero-order valence-corrected chi connectivity index (χ0v) is 18.5. The molecule has 0 fully saturated rings. The minimum Gasteiger partial charge on any atom is -0.383 e. The number of benzene rings is 2. The number of hydrogen-bond donors (Lipinski definition) is 3. The lowest BCUT2D eigenvalue weighted by atomic mass is 10.1. The van der Waals surface area contributed by atoms with Crippen LogP contribution in [0, 0.1) is 15.9 Å². The Balaban J connectivity index is 1.81. The summed E-state index contributed by atoms with van der Waals surface area (Å²) < 4.78 is 19.5. The van der Waals surface area contributed by atoms with E-state index in [1.54, 1.807) is 11.4 Å². The van der Waals surface area contributed by atoms with E-state index in [-0.39, 0.29) is 27.9 Å². The Morgan fingerprint density at radius 1 is 1.21 bits per heavy atom. The van der Waals surface area contributed by atoms with Crippen LogP contribution in [0.3, 0.4) is 0 Å². The number of nitrogens with zero attached hydrogens (tertiary/aromatic N) is 2. The number of nitro benzene ring substituents is 1. The van der Waals surface area contributed by atoms with Crippen molar-refractivity contribution in [2.24, 2.45) is 0 Å². The molecule has 0 aliphatic rings. The third kappa shape index (κ3) is 6.08. The second kappa shape index (κ2) is 10.6. The molecule has 2 amide bonds. The smallest absolute Gasteiger partial charge is 0.270 e. The van der Waals surface area contributed by atoms with Crippen LogP contribution < -0.4 is 16.0 Å². The van der Waals surface area contributed by atoms with Gasteiger partial charge in [-0.3, -0.25) is 25.0 Å². The Hall–Kier alpha value is -3.90. The highest BCUT2D eigenvalue weighted by Crippen LogP contribution is 2.30. The molecule has 1 heterocycles. The van der Waals surface area contributed by atoms with Gasteiger partial charge in [0.25, 0.3) is 11.6 Å². The number of hydrogen-bond acceptors (Lipinski definition) is 8. The maximum Gasteiger partial charge on any atom is 0.270 e. The topological polar surface area (TPSA) is 135 Å². The van der Waals surface area contributed by atoms with E-state index in [2.05, 4.69) is 20.9 Å². The van der Waals surface area contributed by atoms with Crippen molar-refractivity contribution < 1.29 is 23.6 Å². The summed E-state index contributed by atoms with van der Waals surface area (Å²) in [6.45, 7) is 2.09. The summed E-state index contributed by atoms with van der Waals surface area (Å²) in [4.78, 5) is 38.8. The minimum atomic E-state index is -0.610. The SMILES string of the molecule is COCCNc1ccc([N+](=O)[O-])cc1C(=O)Nc1nc(-c2ccc(NC(C)=O)cc2F)cs1. The normalized spacial score (nSPS) is 10.5. The number of carbonyl (C=O) groups excluding carboxylic acids is 2. The molecule has 2 aromatic carbocycles. The van der Waals surface area contributed by atoms with E-state index in [1.807, 2.05) is 0 Å². The molecule has 0 aliphatic heterocycles. The van der Waals surface area contributed by atoms with Gasteiger partial charge in [-0.1, -0.05) is 0 Å². The van der Waals surface area contributed by atoms with Crippen LogP contribution in [0.1, 0.15) is 17.3 Å². The van der Waals surface area contributed by atoms with Crippen LogP contribution >= 0.6 is 11.3 Å². The van der Waals surface area contributed by atoms with Gasteiger partial charge in [-0.25, -0.2) is 9.37 Å². The summed E-state index contributed by atoms with van der Waals surface area (Å²) in [5, 5.41) is 21.0. The first-order valence-electron chi connectivity index (χ1n) is 9.64. The van der Waals surface area contributed by atoms with Gasteiger partial charge in [0.15, 0.2) is 5.13 Å². The fourth-order valence-electron chi connectivity index (χ4n) is 2.90. The van der Waals surface area contributed by atoms with Gasteiger partial charge in [-0.15, -0.1) is 11.3 Å². The van der Waals surface area contributed by atoms with Gasteiger partial charge in [-0.05, 0) is 24.3 Å². The average Bonchev–Trinajstić information content (AvgIpc) is 3.21. The Morgan fingerprint density at radius 3 is 2.67 bits per heavy atom. The van der Waals surface area contributed by atoms with Crippen LogP contribution in [0.15, 0.2) is 41.8 Å². The molecular formula is C21H20FN5O5S. The molecule has 0 radical (unpaired) electrons. The monoisotopic (exact) mass is 473 g/mol. The van der Waals surface area contributed by atoms with Crippen LogP contribution in [0.25, 0.3) is 11.3 Å². The van der Waals surface area contributed by atoms with Crippen LogP contribution in [-0.4, -0.2) is 42.0 Å². The molecule has 33 heavy (non-hydrogen) atoms. The molecule has 3 N–H and O–H groups in total. The van der Waals surface area contributed by atoms with Gasteiger partial charge in [0.05, 0.1) is 22.8 Å². The van der Waals surface area contributed by atoms with Crippen molar-refractivity contribution in [1.82, 2.24) is 4.98 Å². The predicted octanol–water partition coefficient (Wildman–Crippen LogP) is 4.13. The summed E-state index contributed by atoms with van der Waals surface area (Å²) in [6.07, 6.45) is 0. The number of methoxy groups -OCH3 is 1. The van der Waals surface area contributed by atoms with E-state index >= 15 is 0 Å². The summed E-state index contributed by atoms with van der Waals surface area (Å²) in [5.41, 5.74) is 1.01. The molecule has 10 nitrogen and oxygen atoms in total. The first-order valence-corrected chi connectivity index (χ1v) is 10.5. The summed E-state index contributed by atoms with van der Waals surface area (Å²) in [6, 6.07) is 8.09. The van der Waals surface area contributed by atoms with Crippen molar-refractivity contribution in [3.8, 4) is 11.3 Å². The lowest BCUT2D eigenvalue weighted by Crippen LogP contribution is -2.16. The highest BCUT2D eigenvalue weighted by molar-refractivity contribution is 7.14. The van der Waals surface area contributed by atoms with Gasteiger partial charge in [0.2, 0.25) is 5.91 Å². The van der Waals surface area contributed by atoms with E-state index in [0.717, 1.165) is 11.3 Å². The number of ether oxygens (including phenoxy) is 1. The summed E-state index contributed by atoms with van der Waals surface area (Å²) in [7, 11) is 1.53. The van der Waals surface area contributed by atoms with E-state index < -0.39 is 16.6 Å². The molecule has 0 aliphatic carbocycles. The van der Waals surface area contributed by atoms with Crippen molar-refractivity contribution in [3.05, 3.63) is 63.3 Å². The number of non-ortho nitro benzene ring substituents is 1. The zero-order valence-electron chi connectivity index (χ0n) is 17.7. The fraction of sp³-hybridized carbons (Fsp3) is 0.190. The first kappa shape index (κ1) is 23.8. The van der Waals surface area contributed by atoms with E-state index in [4.69, 9.17) is 4.74 Å². The lowest BCUT2D eigenvalue weighted by Gasteiger charge is -2.11. The molecule has 0 saturated carbocycles. The number of halogens is 1. The number of thiazole rings is 1. The van der Waals surface area contributed by atoms with Crippen molar-refractivity contribution in [2.75, 3.05) is 36.2 Å². The molecule has 0 saturated heterocycles. The largest absolute Gasteiger partial charge is 0.383 e. The Morgan fingerprint density at radius 2 is 2.00 bits per heavy atom. The van der Waals surface area contributed by atoms with E-state index in [9.17, 15) is 24.1 Å². The number of carbonyl (C=O) groups is 2. The van der Waals surface area contributed by atoms with Gasteiger partial charge in [-0.2, -0.15) is 0 Å². The highest BCUT2D eigenvalue weighted by atomic mass is 32.1. The molecule has 0 atom stereocenters. The fourth-order valence-corrected chi connectivity index (χ4v) is 3.60. The Bertz CT molecular complexity index is 1200.